The van der Waals surface area contributed by atoms with Crippen molar-refractivity contribution in [1.29, 1.82) is 0 Å². The van der Waals surface area contributed by atoms with E-state index in [2.05, 4.69) is 15.0 Å². The van der Waals surface area contributed by atoms with E-state index >= 15 is 0 Å². The van der Waals surface area contributed by atoms with Crippen molar-refractivity contribution in [2.24, 2.45) is 5.11 Å². The Hall–Kier alpha value is -2.13. The third-order valence-corrected chi connectivity index (χ3v) is 2.78. The summed E-state index contributed by atoms with van der Waals surface area (Å²) in [5.74, 6) is -0.389. The predicted octanol–water partition coefficient (Wildman–Crippen LogP) is 1.32. The van der Waals surface area contributed by atoms with Crippen LogP contribution in [-0.4, -0.2) is 32.8 Å². The highest BCUT2D eigenvalue weighted by Gasteiger charge is 2.25. The summed E-state index contributed by atoms with van der Waals surface area (Å²) >= 11 is 5.74. The first-order chi connectivity index (χ1) is 9.38. The van der Waals surface area contributed by atoms with Gasteiger partial charge in [-0.05, 0) is 12.0 Å². The number of nitrogens with zero attached hydrogens (tertiary/aromatic N) is 5. The second-order valence-electron chi connectivity index (χ2n) is 3.79. The Labute approximate surface area is 117 Å². The molecule has 1 heterocycles. The van der Waals surface area contributed by atoms with Crippen molar-refractivity contribution in [3.63, 3.8) is 0 Å². The van der Waals surface area contributed by atoms with E-state index < -0.39 is 22.8 Å². The SMILES string of the molecule is [N-]=[N+]=NCCC(O)C(O)c1cc([N+](=O)[O-])c(N)nc1Cl. The fourth-order valence-electron chi connectivity index (χ4n) is 1.46. The number of nitro groups is 1. The van der Waals surface area contributed by atoms with Crippen LogP contribution in [0.2, 0.25) is 5.15 Å². The molecule has 0 saturated heterocycles. The molecule has 0 spiro atoms. The molecule has 2 unspecified atom stereocenters. The van der Waals surface area contributed by atoms with Crippen molar-refractivity contribution in [2.75, 3.05) is 12.3 Å². The van der Waals surface area contributed by atoms with Gasteiger partial charge < -0.3 is 15.9 Å². The van der Waals surface area contributed by atoms with Crippen LogP contribution in [0.1, 0.15) is 18.1 Å². The highest BCUT2D eigenvalue weighted by molar-refractivity contribution is 6.30. The van der Waals surface area contributed by atoms with Gasteiger partial charge >= 0.3 is 5.69 Å². The minimum absolute atomic E-state index is 0.0419. The van der Waals surface area contributed by atoms with Crippen molar-refractivity contribution < 1.29 is 15.1 Å². The average molecular weight is 303 g/mol. The lowest BCUT2D eigenvalue weighted by Gasteiger charge is -2.18. The second-order valence-corrected chi connectivity index (χ2v) is 4.14. The van der Waals surface area contributed by atoms with E-state index in [0.29, 0.717) is 0 Å². The summed E-state index contributed by atoms with van der Waals surface area (Å²) in [5.41, 5.74) is 12.8. The van der Waals surface area contributed by atoms with E-state index in [0.717, 1.165) is 6.07 Å². The first-order valence-electron chi connectivity index (χ1n) is 5.35. The molecule has 0 saturated carbocycles. The minimum atomic E-state index is -1.51. The summed E-state index contributed by atoms with van der Waals surface area (Å²) in [4.78, 5) is 16.0. The van der Waals surface area contributed by atoms with Crippen molar-refractivity contribution in [3.8, 4) is 0 Å². The lowest BCUT2D eigenvalue weighted by molar-refractivity contribution is -0.384. The maximum absolute atomic E-state index is 10.7. The fourth-order valence-corrected chi connectivity index (χ4v) is 1.72. The molecule has 1 rings (SSSR count). The Bertz CT molecular complexity index is 562. The second kappa shape index (κ2) is 6.87. The number of nitrogens with two attached hydrogens (primary N) is 1. The Morgan fingerprint density at radius 1 is 1.65 bits per heavy atom. The number of aliphatic hydroxyl groups excluding tert-OH is 2. The maximum Gasteiger partial charge on any atom is 0.311 e. The van der Waals surface area contributed by atoms with Crippen molar-refractivity contribution in [3.05, 3.63) is 37.3 Å². The van der Waals surface area contributed by atoms with E-state index in [1.54, 1.807) is 0 Å². The number of aliphatic hydroxyl groups is 2. The van der Waals surface area contributed by atoms with Crippen LogP contribution in [0.15, 0.2) is 11.2 Å². The van der Waals surface area contributed by atoms with Gasteiger partial charge in [-0.25, -0.2) is 4.98 Å². The molecular weight excluding hydrogens is 292 g/mol. The summed E-state index contributed by atoms with van der Waals surface area (Å²) in [6.45, 7) is -0.0448. The van der Waals surface area contributed by atoms with E-state index in [4.69, 9.17) is 22.9 Å². The molecule has 0 aliphatic heterocycles. The molecule has 2 atom stereocenters. The normalized spacial score (nSPS) is 13.3. The molecule has 11 heteroatoms. The molecule has 0 aliphatic carbocycles. The maximum atomic E-state index is 10.7. The Morgan fingerprint density at radius 2 is 2.30 bits per heavy atom. The van der Waals surface area contributed by atoms with Crippen molar-refractivity contribution in [2.45, 2.75) is 18.6 Å². The summed E-state index contributed by atoms with van der Waals surface area (Å²) in [7, 11) is 0. The third-order valence-electron chi connectivity index (χ3n) is 2.48. The molecule has 1 aromatic rings. The fraction of sp³-hybridized carbons (Fsp3) is 0.444. The van der Waals surface area contributed by atoms with Crippen LogP contribution in [-0.2, 0) is 0 Å². The number of pyridine rings is 1. The number of hydrogen-bond donors (Lipinski definition) is 3. The van der Waals surface area contributed by atoms with Gasteiger partial charge in [0, 0.05) is 23.1 Å². The molecule has 0 bridgehead atoms. The Kier molecular flexibility index (Phi) is 5.47. The lowest BCUT2D eigenvalue weighted by Crippen LogP contribution is -2.20. The molecule has 4 N–H and O–H groups in total. The van der Waals surface area contributed by atoms with E-state index in [9.17, 15) is 20.3 Å². The van der Waals surface area contributed by atoms with E-state index in [1.165, 1.54) is 0 Å². The summed E-state index contributed by atoms with van der Waals surface area (Å²) in [5, 5.41) is 33.3. The lowest BCUT2D eigenvalue weighted by atomic mass is 10.0. The third kappa shape index (κ3) is 3.68. The number of anilines is 1. The molecule has 108 valence electrons. The topological polar surface area (TPSA) is 171 Å². The summed E-state index contributed by atoms with van der Waals surface area (Å²) < 4.78 is 0. The molecule has 10 nitrogen and oxygen atoms in total. The van der Waals surface area contributed by atoms with Gasteiger partial charge in [-0.15, -0.1) is 0 Å². The standard InChI is InChI=1S/C9H11ClN6O4/c10-8-4(3-5(16(19)20)9(11)14-8)7(18)6(17)1-2-13-15-12/h3,6-7,17-18H,1-2H2,(H2,11,14). The average Bonchev–Trinajstić information content (AvgIpc) is 2.37. The highest BCUT2D eigenvalue weighted by Crippen LogP contribution is 2.31. The first-order valence-corrected chi connectivity index (χ1v) is 5.73. The van der Waals surface area contributed by atoms with Gasteiger partial charge in [0.2, 0.25) is 5.82 Å². The zero-order valence-corrected chi connectivity index (χ0v) is 10.8. The van der Waals surface area contributed by atoms with Gasteiger partial charge in [-0.2, -0.15) is 0 Å². The van der Waals surface area contributed by atoms with Gasteiger partial charge in [0.25, 0.3) is 0 Å². The van der Waals surface area contributed by atoms with Gasteiger partial charge in [0.05, 0.1) is 11.0 Å². The molecule has 1 aromatic heterocycles. The molecule has 20 heavy (non-hydrogen) atoms. The van der Waals surface area contributed by atoms with Crippen LogP contribution in [0.5, 0.6) is 0 Å². The van der Waals surface area contributed by atoms with Gasteiger partial charge in [0.1, 0.15) is 11.3 Å². The largest absolute Gasteiger partial charge is 0.390 e. The van der Waals surface area contributed by atoms with Gasteiger partial charge in [0.15, 0.2) is 0 Å². The van der Waals surface area contributed by atoms with Crippen LogP contribution in [0.3, 0.4) is 0 Å². The summed E-state index contributed by atoms with van der Waals surface area (Å²) in [6.07, 6.45) is -2.87. The summed E-state index contributed by atoms with van der Waals surface area (Å²) in [6, 6.07) is 0.951. The number of hydrogen-bond acceptors (Lipinski definition) is 7. The minimum Gasteiger partial charge on any atom is -0.390 e. The number of halogens is 1. The number of azide groups is 1. The number of nitrogen functional groups attached to an aromatic ring is 1. The van der Waals surface area contributed by atoms with Crippen molar-refractivity contribution >= 4 is 23.1 Å². The molecular formula is C9H11ClN6O4. The van der Waals surface area contributed by atoms with Crippen LogP contribution >= 0.6 is 11.6 Å². The van der Waals surface area contributed by atoms with Gasteiger partial charge in [-0.3, -0.25) is 10.1 Å². The molecule has 0 amide bonds. The van der Waals surface area contributed by atoms with Crippen LogP contribution in [0, 0.1) is 10.1 Å². The number of rotatable bonds is 6. The van der Waals surface area contributed by atoms with Crippen molar-refractivity contribution in [1.82, 2.24) is 4.98 Å². The predicted molar refractivity (Wildman–Crippen MR) is 69.9 cm³/mol. The first kappa shape index (κ1) is 15.9. The smallest absolute Gasteiger partial charge is 0.311 e. The zero-order valence-electron chi connectivity index (χ0n) is 10.0. The number of aromatic nitrogens is 1. The van der Waals surface area contributed by atoms with Crippen LogP contribution in [0.4, 0.5) is 11.5 Å². The quantitative estimate of drug-likeness (QED) is 0.178. The van der Waals surface area contributed by atoms with Crippen LogP contribution < -0.4 is 5.73 Å². The van der Waals surface area contributed by atoms with Gasteiger partial charge in [-0.1, -0.05) is 16.7 Å². The van der Waals surface area contributed by atoms with E-state index in [1.807, 2.05) is 0 Å². The molecule has 0 fully saturated rings. The molecule has 0 radical (unpaired) electrons. The zero-order chi connectivity index (χ0) is 15.3. The monoisotopic (exact) mass is 302 g/mol. The molecule has 0 aromatic carbocycles. The molecule has 0 aliphatic rings. The van der Waals surface area contributed by atoms with Crippen LogP contribution in [0.25, 0.3) is 10.4 Å². The van der Waals surface area contributed by atoms with E-state index in [-0.39, 0.29) is 29.5 Å². The Morgan fingerprint density at radius 3 is 2.85 bits per heavy atom. The highest BCUT2D eigenvalue weighted by atomic mass is 35.5. The Balaban J connectivity index is 3.02.